The molecule has 2 rings (SSSR count). The maximum Gasteiger partial charge on any atom is 0.409 e. The summed E-state index contributed by atoms with van der Waals surface area (Å²) in [5.41, 5.74) is 0.197. The van der Waals surface area contributed by atoms with Crippen molar-refractivity contribution in [2.24, 2.45) is 0 Å². The lowest BCUT2D eigenvalue weighted by Crippen LogP contribution is -2.56. The Morgan fingerprint density at radius 1 is 0.919 bits per heavy atom. The molecule has 2 N–H and O–H groups in total. The van der Waals surface area contributed by atoms with Gasteiger partial charge in [0, 0.05) is 32.7 Å². The molecular weight excluding hydrogens is 480 g/mol. The van der Waals surface area contributed by atoms with Gasteiger partial charge in [-0.15, -0.1) is 0 Å². The van der Waals surface area contributed by atoms with E-state index in [-0.39, 0.29) is 12.5 Å². The van der Waals surface area contributed by atoms with E-state index in [1.807, 2.05) is 30.3 Å². The van der Waals surface area contributed by atoms with Crippen LogP contribution in [0.1, 0.15) is 52.5 Å². The van der Waals surface area contributed by atoms with E-state index in [9.17, 15) is 19.2 Å². The Kier molecular flexibility index (Phi) is 12.0. The highest BCUT2D eigenvalue weighted by Crippen LogP contribution is 2.12. The van der Waals surface area contributed by atoms with E-state index in [0.29, 0.717) is 58.6 Å². The summed E-state index contributed by atoms with van der Waals surface area (Å²) in [4.78, 5) is 52.7. The predicted octanol–water partition coefficient (Wildman–Crippen LogP) is 3.28. The number of amides is 4. The van der Waals surface area contributed by atoms with Crippen LogP contribution in [0.3, 0.4) is 0 Å². The number of carbonyl (C=O) groups is 4. The number of rotatable bonds is 10. The van der Waals surface area contributed by atoms with Gasteiger partial charge < -0.3 is 34.6 Å². The van der Waals surface area contributed by atoms with Gasteiger partial charge in [-0.3, -0.25) is 4.79 Å². The molecule has 1 aromatic carbocycles. The van der Waals surface area contributed by atoms with Gasteiger partial charge in [-0.2, -0.15) is 0 Å². The second-order valence-corrected chi connectivity index (χ2v) is 9.69. The van der Waals surface area contributed by atoms with Gasteiger partial charge in [0.05, 0.1) is 6.61 Å². The Morgan fingerprint density at radius 3 is 2.19 bits per heavy atom. The van der Waals surface area contributed by atoms with Crippen molar-refractivity contribution in [3.8, 4) is 0 Å². The van der Waals surface area contributed by atoms with Crippen LogP contribution in [0, 0.1) is 0 Å². The fourth-order valence-corrected chi connectivity index (χ4v) is 3.69. The number of piperazine rings is 1. The van der Waals surface area contributed by atoms with E-state index in [4.69, 9.17) is 14.2 Å². The Morgan fingerprint density at radius 2 is 1.57 bits per heavy atom. The molecular formula is C26H40N4O7. The monoisotopic (exact) mass is 520 g/mol. The van der Waals surface area contributed by atoms with E-state index in [1.165, 1.54) is 0 Å². The first-order valence-corrected chi connectivity index (χ1v) is 12.7. The molecule has 0 saturated carbocycles. The van der Waals surface area contributed by atoms with Crippen LogP contribution < -0.4 is 10.6 Å². The van der Waals surface area contributed by atoms with Crippen LogP contribution in [-0.4, -0.2) is 85.0 Å². The van der Waals surface area contributed by atoms with Gasteiger partial charge in [-0.1, -0.05) is 30.3 Å². The van der Waals surface area contributed by atoms with E-state index in [2.05, 4.69) is 10.6 Å². The molecule has 11 nitrogen and oxygen atoms in total. The molecule has 206 valence electrons. The average molecular weight is 521 g/mol. The molecule has 1 aliphatic rings. The van der Waals surface area contributed by atoms with Gasteiger partial charge in [-0.05, 0) is 52.5 Å². The predicted molar refractivity (Wildman–Crippen MR) is 137 cm³/mol. The van der Waals surface area contributed by atoms with E-state index in [0.717, 1.165) is 5.56 Å². The minimum Gasteiger partial charge on any atom is -0.450 e. The fourth-order valence-electron chi connectivity index (χ4n) is 3.69. The molecule has 0 radical (unpaired) electrons. The molecule has 0 bridgehead atoms. The first-order valence-electron chi connectivity index (χ1n) is 12.7. The zero-order valence-corrected chi connectivity index (χ0v) is 22.3. The number of hydrogen-bond donors (Lipinski definition) is 2. The molecule has 0 aliphatic carbocycles. The SMILES string of the molecule is CCOC(=O)N1CCN(C(=O)C(CCCCNC(=O)OCc2ccccc2)NC(=O)OC(C)(C)C)CC1. The molecule has 1 aliphatic heterocycles. The van der Waals surface area contributed by atoms with Crippen LogP contribution in [0.5, 0.6) is 0 Å². The summed E-state index contributed by atoms with van der Waals surface area (Å²) in [5.74, 6) is -0.232. The van der Waals surface area contributed by atoms with Gasteiger partial charge in [0.1, 0.15) is 18.2 Å². The molecule has 11 heteroatoms. The van der Waals surface area contributed by atoms with Crippen molar-refractivity contribution in [3.63, 3.8) is 0 Å². The highest BCUT2D eigenvalue weighted by atomic mass is 16.6. The standard InChI is InChI=1S/C26H40N4O7/c1-5-35-25(34)30-17-15-29(16-18-30)22(31)21(28-24(33)37-26(2,3)4)13-9-10-14-27-23(32)36-19-20-11-7-6-8-12-20/h6-8,11-12,21H,5,9-10,13-19H2,1-4H3,(H,27,32)(H,28,33). The number of nitrogens with zero attached hydrogens (tertiary/aromatic N) is 2. The largest absolute Gasteiger partial charge is 0.450 e. The second-order valence-electron chi connectivity index (χ2n) is 9.69. The summed E-state index contributed by atoms with van der Waals surface area (Å²) in [6.45, 7) is 9.26. The lowest BCUT2D eigenvalue weighted by molar-refractivity contribution is -0.135. The number of hydrogen-bond acceptors (Lipinski definition) is 7. The Hall–Kier alpha value is -3.50. The first-order chi connectivity index (χ1) is 17.6. The minimum atomic E-state index is -0.783. The van der Waals surface area contributed by atoms with E-state index >= 15 is 0 Å². The van der Waals surface area contributed by atoms with Crippen LogP contribution in [0.15, 0.2) is 30.3 Å². The van der Waals surface area contributed by atoms with Gasteiger partial charge in [0.15, 0.2) is 0 Å². The van der Waals surface area contributed by atoms with Gasteiger partial charge in [0.25, 0.3) is 0 Å². The van der Waals surface area contributed by atoms with Crippen molar-refractivity contribution in [2.45, 2.75) is 65.2 Å². The summed E-state index contributed by atoms with van der Waals surface area (Å²) >= 11 is 0. The molecule has 37 heavy (non-hydrogen) atoms. The molecule has 4 amide bonds. The van der Waals surface area contributed by atoms with Gasteiger partial charge >= 0.3 is 18.3 Å². The number of carbonyl (C=O) groups excluding carboxylic acids is 4. The summed E-state index contributed by atoms with van der Waals surface area (Å²) in [7, 11) is 0. The molecule has 1 aromatic rings. The lowest BCUT2D eigenvalue weighted by atomic mass is 10.1. The molecule has 1 unspecified atom stereocenters. The molecule has 1 heterocycles. The topological polar surface area (TPSA) is 127 Å². The minimum absolute atomic E-state index is 0.187. The zero-order valence-electron chi connectivity index (χ0n) is 22.3. The lowest BCUT2D eigenvalue weighted by Gasteiger charge is -2.36. The maximum atomic E-state index is 13.2. The van der Waals surface area contributed by atoms with Crippen LogP contribution in [0.2, 0.25) is 0 Å². The number of nitrogens with one attached hydrogen (secondary N) is 2. The van der Waals surface area contributed by atoms with Crippen LogP contribution in [0.25, 0.3) is 0 Å². The summed E-state index contributed by atoms with van der Waals surface area (Å²) < 4.78 is 15.6. The Balaban J connectivity index is 1.82. The highest BCUT2D eigenvalue weighted by Gasteiger charge is 2.31. The molecule has 1 fully saturated rings. The Bertz CT molecular complexity index is 881. The summed E-state index contributed by atoms with van der Waals surface area (Å²) in [5, 5.41) is 5.39. The summed E-state index contributed by atoms with van der Waals surface area (Å²) in [6, 6.07) is 8.61. The molecule has 1 saturated heterocycles. The fraction of sp³-hybridized carbons (Fsp3) is 0.615. The number of unbranched alkanes of at least 4 members (excludes halogenated alkanes) is 1. The normalized spacial score (nSPS) is 14.4. The van der Waals surface area contributed by atoms with Crippen molar-refractivity contribution in [1.29, 1.82) is 0 Å². The second kappa shape index (κ2) is 14.9. The van der Waals surface area contributed by atoms with E-state index in [1.54, 1.807) is 37.5 Å². The number of benzene rings is 1. The maximum absolute atomic E-state index is 13.2. The van der Waals surface area contributed by atoms with E-state index < -0.39 is 29.9 Å². The van der Waals surface area contributed by atoms with Crippen molar-refractivity contribution >= 4 is 24.2 Å². The van der Waals surface area contributed by atoms with Crippen LogP contribution >= 0.6 is 0 Å². The average Bonchev–Trinajstić information content (AvgIpc) is 2.86. The van der Waals surface area contributed by atoms with Crippen LogP contribution in [0.4, 0.5) is 14.4 Å². The Labute approximate surface area is 218 Å². The third-order valence-corrected chi connectivity index (χ3v) is 5.51. The van der Waals surface area contributed by atoms with Crippen LogP contribution in [-0.2, 0) is 25.6 Å². The third kappa shape index (κ3) is 11.4. The third-order valence-electron chi connectivity index (χ3n) is 5.51. The van der Waals surface area contributed by atoms with Gasteiger partial charge in [0.2, 0.25) is 5.91 Å². The number of alkyl carbamates (subject to hydrolysis) is 2. The highest BCUT2D eigenvalue weighted by molar-refractivity contribution is 5.86. The van der Waals surface area contributed by atoms with Crippen molar-refractivity contribution < 1.29 is 33.4 Å². The summed E-state index contributed by atoms with van der Waals surface area (Å²) in [6.07, 6.45) is -0.0314. The molecule has 0 spiro atoms. The van der Waals surface area contributed by atoms with Crippen molar-refractivity contribution in [1.82, 2.24) is 20.4 Å². The first kappa shape index (κ1) is 29.7. The van der Waals surface area contributed by atoms with Crippen molar-refractivity contribution in [3.05, 3.63) is 35.9 Å². The molecule has 0 aromatic heterocycles. The zero-order chi connectivity index (χ0) is 27.3. The smallest absolute Gasteiger partial charge is 0.409 e. The molecule has 1 atom stereocenters. The quantitative estimate of drug-likeness (QED) is 0.358. The number of ether oxygens (including phenoxy) is 3. The van der Waals surface area contributed by atoms with Crippen molar-refractivity contribution in [2.75, 3.05) is 39.3 Å². The van der Waals surface area contributed by atoms with Gasteiger partial charge in [-0.25, -0.2) is 14.4 Å².